The molecule has 7 heteroatoms. The topological polar surface area (TPSA) is 62.5 Å². The molecule has 1 aliphatic heterocycles. The summed E-state index contributed by atoms with van der Waals surface area (Å²) in [5.74, 6) is 2.79. The summed E-state index contributed by atoms with van der Waals surface area (Å²) in [6.45, 7) is 6.11. The summed E-state index contributed by atoms with van der Waals surface area (Å²) in [4.78, 5) is 8.90. The average Bonchev–Trinajstić information content (AvgIpc) is 3.28. The van der Waals surface area contributed by atoms with E-state index in [-0.39, 0.29) is 24.0 Å². The molecule has 1 aromatic heterocycles. The van der Waals surface area contributed by atoms with E-state index in [2.05, 4.69) is 58.4 Å². The highest BCUT2D eigenvalue weighted by Gasteiger charge is 2.29. The van der Waals surface area contributed by atoms with Crippen LogP contribution in [0, 0.1) is 6.92 Å². The van der Waals surface area contributed by atoms with Crippen LogP contribution in [0.15, 0.2) is 39.9 Å². The second kappa shape index (κ2) is 10.4. The number of benzene rings is 1. The molecule has 1 aliphatic rings. The van der Waals surface area contributed by atoms with Crippen molar-refractivity contribution in [2.75, 3.05) is 25.9 Å². The Morgan fingerprint density at radius 3 is 2.74 bits per heavy atom. The van der Waals surface area contributed by atoms with Gasteiger partial charge in [-0.3, -0.25) is 4.99 Å². The molecule has 0 bridgehead atoms. The van der Waals surface area contributed by atoms with Crippen molar-refractivity contribution in [3.05, 3.63) is 41.8 Å². The summed E-state index contributed by atoms with van der Waals surface area (Å²) in [7, 11) is 1.81. The summed E-state index contributed by atoms with van der Waals surface area (Å²) in [6, 6.07) is 8.21. The number of guanidine groups is 1. The highest BCUT2D eigenvalue weighted by Crippen LogP contribution is 2.36. The molecule has 1 saturated heterocycles. The molecule has 1 atom stereocenters. The normalized spacial score (nSPS) is 19.6. The molecule has 2 heterocycles. The Bertz CT molecular complexity index is 739. The zero-order chi connectivity index (χ0) is 18.4. The number of hydrogen-bond donors (Lipinski definition) is 2. The predicted octanol–water partition coefficient (Wildman–Crippen LogP) is 4.26. The number of thioether (sulfide) groups is 1. The van der Waals surface area contributed by atoms with Crippen LogP contribution in [0.1, 0.15) is 31.0 Å². The van der Waals surface area contributed by atoms with E-state index in [1.54, 1.807) is 6.26 Å². The largest absolute Gasteiger partial charge is 0.444 e. The molecule has 2 aromatic rings. The molecule has 1 unspecified atom stereocenters. The number of nitrogens with zero attached hydrogens (tertiary/aromatic N) is 2. The molecule has 148 valence electrons. The Morgan fingerprint density at radius 1 is 1.30 bits per heavy atom. The van der Waals surface area contributed by atoms with E-state index in [9.17, 15) is 0 Å². The van der Waals surface area contributed by atoms with Crippen molar-refractivity contribution >= 4 is 41.7 Å². The fourth-order valence-corrected chi connectivity index (χ4v) is 4.27. The first kappa shape index (κ1) is 22.1. The van der Waals surface area contributed by atoms with Crippen LogP contribution in [0.4, 0.5) is 0 Å². The summed E-state index contributed by atoms with van der Waals surface area (Å²) in [5.41, 5.74) is 3.19. The van der Waals surface area contributed by atoms with Gasteiger partial charge in [0.15, 0.2) is 5.96 Å². The van der Waals surface area contributed by atoms with E-state index in [0.717, 1.165) is 36.7 Å². The minimum absolute atomic E-state index is 0. The Morgan fingerprint density at radius 2 is 2.07 bits per heavy atom. The Balaban J connectivity index is 0.00000261. The number of aliphatic imine (C=N–C) groups is 1. The van der Waals surface area contributed by atoms with Crippen molar-refractivity contribution in [1.29, 1.82) is 0 Å². The maximum Gasteiger partial charge on any atom is 0.226 e. The third-order valence-corrected chi connectivity index (χ3v) is 6.22. The fourth-order valence-electron chi connectivity index (χ4n) is 3.03. The molecule has 2 N–H and O–H groups in total. The lowest BCUT2D eigenvalue weighted by atomic mass is 10.1. The first-order valence-electron chi connectivity index (χ1n) is 9.18. The van der Waals surface area contributed by atoms with Gasteiger partial charge in [0.05, 0.1) is 5.69 Å². The van der Waals surface area contributed by atoms with Gasteiger partial charge in [0.1, 0.15) is 6.26 Å². The predicted molar refractivity (Wildman–Crippen MR) is 125 cm³/mol. The molecule has 0 radical (unpaired) electrons. The lowest BCUT2D eigenvalue weighted by molar-refractivity contribution is 0.572. The van der Waals surface area contributed by atoms with Crippen molar-refractivity contribution in [2.45, 2.75) is 37.9 Å². The zero-order valence-electron chi connectivity index (χ0n) is 16.2. The zero-order valence-corrected chi connectivity index (χ0v) is 19.4. The van der Waals surface area contributed by atoms with Crippen LogP contribution in [0.2, 0.25) is 0 Å². The molecule has 1 aromatic carbocycles. The summed E-state index contributed by atoms with van der Waals surface area (Å²) >= 11 is 2.05. The maximum absolute atomic E-state index is 5.62. The van der Waals surface area contributed by atoms with Crippen LogP contribution >= 0.6 is 35.7 Å². The van der Waals surface area contributed by atoms with Crippen LogP contribution in [0.25, 0.3) is 11.5 Å². The molecule has 0 aliphatic carbocycles. The van der Waals surface area contributed by atoms with Crippen LogP contribution in [0.5, 0.6) is 0 Å². The molecule has 3 rings (SSSR count). The molecule has 5 nitrogen and oxygen atoms in total. The van der Waals surface area contributed by atoms with Crippen LogP contribution in [0.3, 0.4) is 0 Å². The highest BCUT2D eigenvalue weighted by atomic mass is 127. The first-order chi connectivity index (χ1) is 12.6. The van der Waals surface area contributed by atoms with Gasteiger partial charge in [-0.15, -0.1) is 24.0 Å². The van der Waals surface area contributed by atoms with Crippen LogP contribution in [-0.4, -0.2) is 41.6 Å². The molecule has 0 spiro atoms. The maximum atomic E-state index is 5.62. The molecular weight excluding hydrogens is 471 g/mol. The second-order valence-corrected chi connectivity index (χ2v) is 8.70. The number of oxazole rings is 1. The van der Waals surface area contributed by atoms with Crippen molar-refractivity contribution in [3.8, 4) is 11.5 Å². The number of aryl methyl sites for hydroxylation is 1. The number of hydrogen-bond acceptors (Lipinski definition) is 4. The van der Waals surface area contributed by atoms with Crippen molar-refractivity contribution in [2.24, 2.45) is 4.99 Å². The summed E-state index contributed by atoms with van der Waals surface area (Å²) in [6.07, 6.45) is 5.11. The quantitative estimate of drug-likeness (QED) is 0.353. The van der Waals surface area contributed by atoms with Gasteiger partial charge in [-0.1, -0.05) is 17.7 Å². The number of nitrogens with one attached hydrogen (secondary N) is 2. The minimum atomic E-state index is 0. The van der Waals surface area contributed by atoms with E-state index in [4.69, 9.17) is 4.42 Å². The van der Waals surface area contributed by atoms with Gasteiger partial charge in [-0.05, 0) is 44.6 Å². The van der Waals surface area contributed by atoms with Gasteiger partial charge in [0.2, 0.25) is 5.89 Å². The Kier molecular flexibility index (Phi) is 8.47. The van der Waals surface area contributed by atoms with Gasteiger partial charge in [0, 0.05) is 36.9 Å². The SMILES string of the molecule is CN=C(NCCc1coc(-c2ccc(C)cc2)n1)NCC1(C)CCCS1.I. The smallest absolute Gasteiger partial charge is 0.226 e. The number of rotatable bonds is 6. The molecule has 0 saturated carbocycles. The number of aromatic nitrogens is 1. The van der Waals surface area contributed by atoms with Crippen LogP contribution < -0.4 is 10.6 Å². The lowest BCUT2D eigenvalue weighted by Gasteiger charge is -2.24. The van der Waals surface area contributed by atoms with Gasteiger partial charge in [0.25, 0.3) is 0 Å². The average molecular weight is 500 g/mol. The first-order valence-corrected chi connectivity index (χ1v) is 10.2. The monoisotopic (exact) mass is 500 g/mol. The third-order valence-electron chi connectivity index (χ3n) is 4.68. The third kappa shape index (κ3) is 6.41. The van der Waals surface area contributed by atoms with Gasteiger partial charge in [-0.25, -0.2) is 4.98 Å². The number of halogens is 1. The van der Waals surface area contributed by atoms with Gasteiger partial charge < -0.3 is 15.1 Å². The van der Waals surface area contributed by atoms with Crippen LogP contribution in [-0.2, 0) is 6.42 Å². The van der Waals surface area contributed by atoms with E-state index < -0.39 is 0 Å². The Hall–Kier alpha value is -1.22. The Labute approximate surface area is 183 Å². The summed E-state index contributed by atoms with van der Waals surface area (Å²) < 4.78 is 5.94. The van der Waals surface area contributed by atoms with Gasteiger partial charge in [-0.2, -0.15) is 11.8 Å². The van der Waals surface area contributed by atoms with E-state index in [1.807, 2.05) is 19.2 Å². The second-order valence-electron chi connectivity index (χ2n) is 7.01. The minimum Gasteiger partial charge on any atom is -0.444 e. The lowest BCUT2D eigenvalue weighted by Crippen LogP contribution is -2.44. The van der Waals surface area contributed by atoms with E-state index in [0.29, 0.717) is 10.6 Å². The summed E-state index contributed by atoms with van der Waals surface area (Å²) in [5, 5.41) is 6.81. The molecule has 0 amide bonds. The van der Waals surface area contributed by atoms with Crippen molar-refractivity contribution < 1.29 is 4.42 Å². The molecule has 1 fully saturated rings. The highest BCUT2D eigenvalue weighted by molar-refractivity contribution is 14.0. The van der Waals surface area contributed by atoms with Crippen molar-refractivity contribution in [1.82, 2.24) is 15.6 Å². The fraction of sp³-hybridized carbons (Fsp3) is 0.500. The molecule has 27 heavy (non-hydrogen) atoms. The van der Waals surface area contributed by atoms with Crippen molar-refractivity contribution in [3.63, 3.8) is 0 Å². The van der Waals surface area contributed by atoms with E-state index in [1.165, 1.54) is 24.2 Å². The molecular formula is C20H29IN4OS. The van der Waals surface area contributed by atoms with E-state index >= 15 is 0 Å². The van der Waals surface area contributed by atoms with Gasteiger partial charge >= 0.3 is 0 Å². The standard InChI is InChI=1S/C20H28N4OS.HI/c1-15-5-7-16(8-6-15)18-24-17(13-25-18)9-11-22-19(21-3)23-14-20(2)10-4-12-26-20;/h5-8,13H,4,9-12,14H2,1-3H3,(H2,21,22,23);1H.